The van der Waals surface area contributed by atoms with E-state index in [4.69, 9.17) is 4.74 Å². The van der Waals surface area contributed by atoms with Gasteiger partial charge in [0.25, 0.3) is 0 Å². The van der Waals surface area contributed by atoms with Crippen LogP contribution in [0.25, 0.3) is 0 Å². The Morgan fingerprint density at radius 1 is 1.10 bits per heavy atom. The fourth-order valence-electron chi connectivity index (χ4n) is 3.56. The number of carbonyl (C=O) groups is 1. The van der Waals surface area contributed by atoms with Crippen LogP contribution < -0.4 is 20.3 Å². The quantitative estimate of drug-likeness (QED) is 0.554. The first-order valence-electron chi connectivity index (χ1n) is 10.4. The van der Waals surface area contributed by atoms with Gasteiger partial charge in [-0.3, -0.25) is 9.48 Å². The molecule has 0 spiro atoms. The van der Waals surface area contributed by atoms with Crippen LogP contribution in [0.2, 0.25) is 0 Å². The van der Waals surface area contributed by atoms with Crippen molar-refractivity contribution in [1.29, 1.82) is 0 Å². The minimum absolute atomic E-state index is 0.0105. The molecule has 0 atom stereocenters. The van der Waals surface area contributed by atoms with E-state index in [2.05, 4.69) is 15.7 Å². The molecule has 0 saturated heterocycles. The molecule has 7 heteroatoms. The van der Waals surface area contributed by atoms with E-state index < -0.39 is 0 Å². The maximum absolute atomic E-state index is 13.1. The zero-order valence-corrected chi connectivity index (χ0v) is 19.1. The Labute approximate surface area is 184 Å². The van der Waals surface area contributed by atoms with E-state index in [-0.39, 0.29) is 18.5 Å². The van der Waals surface area contributed by atoms with Gasteiger partial charge in [-0.05, 0) is 64.1 Å². The van der Waals surface area contributed by atoms with Gasteiger partial charge in [-0.15, -0.1) is 0 Å². The van der Waals surface area contributed by atoms with Crippen LogP contribution in [0.5, 0.6) is 5.75 Å². The van der Waals surface area contributed by atoms with Gasteiger partial charge >= 0.3 is 0 Å². The first-order chi connectivity index (χ1) is 14.8. The van der Waals surface area contributed by atoms with Crippen molar-refractivity contribution in [3.63, 3.8) is 0 Å². The molecule has 164 valence electrons. The Balaban J connectivity index is 1.76. The highest BCUT2D eigenvalue weighted by Gasteiger charge is 2.19. The Morgan fingerprint density at radius 2 is 1.74 bits per heavy atom. The lowest BCUT2D eigenvalue weighted by atomic mass is 10.2. The third-order valence-corrected chi connectivity index (χ3v) is 5.26. The number of amides is 1. The van der Waals surface area contributed by atoms with Crippen molar-refractivity contribution in [2.24, 2.45) is 7.05 Å². The number of aryl methyl sites for hydroxylation is 2. The molecular weight excluding hydrogens is 390 g/mol. The zero-order valence-electron chi connectivity index (χ0n) is 19.1. The minimum atomic E-state index is -0.0105. The smallest absolute Gasteiger partial charge is 0.246 e. The van der Waals surface area contributed by atoms with E-state index in [1.54, 1.807) is 12.0 Å². The van der Waals surface area contributed by atoms with Crippen molar-refractivity contribution in [2.45, 2.75) is 33.7 Å². The maximum Gasteiger partial charge on any atom is 0.246 e. The fraction of sp³-hybridized carbons (Fsp3) is 0.333. The fourth-order valence-corrected chi connectivity index (χ4v) is 3.56. The molecule has 1 aromatic heterocycles. The molecule has 3 rings (SSSR count). The minimum Gasteiger partial charge on any atom is -0.497 e. The maximum atomic E-state index is 13.1. The lowest BCUT2D eigenvalue weighted by molar-refractivity contribution is -0.117. The van der Waals surface area contributed by atoms with E-state index in [0.717, 1.165) is 39.9 Å². The highest BCUT2D eigenvalue weighted by Crippen LogP contribution is 2.29. The molecule has 0 unspecified atom stereocenters. The van der Waals surface area contributed by atoms with E-state index in [0.29, 0.717) is 0 Å². The summed E-state index contributed by atoms with van der Waals surface area (Å²) in [5.74, 6) is 0.753. The largest absolute Gasteiger partial charge is 0.497 e. The Hall–Kier alpha value is -3.48. The predicted octanol–water partition coefficient (Wildman–Crippen LogP) is 4.64. The zero-order chi connectivity index (χ0) is 22.5. The van der Waals surface area contributed by atoms with Gasteiger partial charge in [-0.25, -0.2) is 0 Å². The Bertz CT molecular complexity index is 1040. The summed E-state index contributed by atoms with van der Waals surface area (Å²) in [6.45, 7) is 8.19. The average Bonchev–Trinajstić information content (AvgIpc) is 2.99. The summed E-state index contributed by atoms with van der Waals surface area (Å²) in [5, 5.41) is 11.2. The summed E-state index contributed by atoms with van der Waals surface area (Å²) in [4.78, 5) is 14.9. The lowest BCUT2D eigenvalue weighted by Crippen LogP contribution is -2.40. The van der Waals surface area contributed by atoms with E-state index in [1.807, 2.05) is 88.0 Å². The first-order valence-corrected chi connectivity index (χ1v) is 10.4. The van der Waals surface area contributed by atoms with Crippen molar-refractivity contribution >= 4 is 28.7 Å². The van der Waals surface area contributed by atoms with Crippen molar-refractivity contribution in [3.05, 3.63) is 59.9 Å². The van der Waals surface area contributed by atoms with Gasteiger partial charge in [0.1, 0.15) is 5.75 Å². The molecule has 0 aliphatic heterocycles. The second-order valence-corrected chi connectivity index (χ2v) is 7.75. The number of aromatic nitrogens is 2. The van der Waals surface area contributed by atoms with Crippen LogP contribution in [-0.2, 0) is 11.8 Å². The number of anilines is 4. The van der Waals surface area contributed by atoms with Crippen LogP contribution in [0, 0.1) is 13.8 Å². The second-order valence-electron chi connectivity index (χ2n) is 7.75. The number of rotatable bonds is 8. The molecule has 0 bridgehead atoms. The van der Waals surface area contributed by atoms with Crippen LogP contribution in [0.15, 0.2) is 48.5 Å². The number of ether oxygens (including phenoxy) is 1. The van der Waals surface area contributed by atoms with Crippen molar-refractivity contribution in [1.82, 2.24) is 9.78 Å². The van der Waals surface area contributed by atoms with Crippen molar-refractivity contribution in [2.75, 3.05) is 29.2 Å². The lowest BCUT2D eigenvalue weighted by Gasteiger charge is -2.27. The summed E-state index contributed by atoms with van der Waals surface area (Å²) >= 11 is 0. The Kier molecular flexibility index (Phi) is 6.84. The number of para-hydroxylation sites is 2. The molecule has 0 fully saturated rings. The number of benzene rings is 2. The molecule has 0 aliphatic rings. The van der Waals surface area contributed by atoms with E-state index >= 15 is 0 Å². The SMILES string of the molecule is COc1ccc(N(C(=O)CNc2ccccc2Nc2c(C)nn(C)c2C)C(C)C)cc1. The number of carbonyl (C=O) groups excluding carboxylic acids is 1. The van der Waals surface area contributed by atoms with E-state index in [1.165, 1.54) is 0 Å². The predicted molar refractivity (Wildman–Crippen MR) is 127 cm³/mol. The summed E-state index contributed by atoms with van der Waals surface area (Å²) in [5.41, 5.74) is 5.55. The summed E-state index contributed by atoms with van der Waals surface area (Å²) in [7, 11) is 3.56. The molecule has 1 amide bonds. The van der Waals surface area contributed by atoms with Gasteiger partial charge < -0.3 is 20.3 Å². The topological polar surface area (TPSA) is 71.4 Å². The van der Waals surface area contributed by atoms with Crippen LogP contribution in [0.3, 0.4) is 0 Å². The molecule has 2 N–H and O–H groups in total. The van der Waals surface area contributed by atoms with Crippen molar-refractivity contribution in [3.8, 4) is 5.75 Å². The number of nitrogens with zero attached hydrogens (tertiary/aromatic N) is 3. The second kappa shape index (κ2) is 9.55. The highest BCUT2D eigenvalue weighted by molar-refractivity contribution is 5.97. The normalized spacial score (nSPS) is 10.8. The van der Waals surface area contributed by atoms with Crippen LogP contribution in [0.4, 0.5) is 22.7 Å². The summed E-state index contributed by atoms with van der Waals surface area (Å²) in [6.07, 6.45) is 0. The van der Waals surface area contributed by atoms with Gasteiger partial charge in [0.05, 0.1) is 42.1 Å². The van der Waals surface area contributed by atoms with Gasteiger partial charge in [0, 0.05) is 18.8 Å². The van der Waals surface area contributed by atoms with Gasteiger partial charge in [-0.2, -0.15) is 5.10 Å². The van der Waals surface area contributed by atoms with Crippen LogP contribution >= 0.6 is 0 Å². The number of hydrogen-bond acceptors (Lipinski definition) is 5. The van der Waals surface area contributed by atoms with Gasteiger partial charge in [-0.1, -0.05) is 12.1 Å². The van der Waals surface area contributed by atoms with Crippen LogP contribution in [-0.4, -0.2) is 35.4 Å². The number of hydrogen-bond donors (Lipinski definition) is 2. The van der Waals surface area contributed by atoms with E-state index in [9.17, 15) is 4.79 Å². The van der Waals surface area contributed by atoms with Crippen LogP contribution in [0.1, 0.15) is 25.2 Å². The Morgan fingerprint density at radius 3 is 2.29 bits per heavy atom. The third-order valence-electron chi connectivity index (χ3n) is 5.26. The number of nitrogens with one attached hydrogen (secondary N) is 2. The van der Waals surface area contributed by atoms with Crippen molar-refractivity contribution < 1.29 is 9.53 Å². The molecule has 3 aromatic rings. The molecular formula is C24H31N5O2. The molecule has 0 saturated carbocycles. The molecule has 31 heavy (non-hydrogen) atoms. The van der Waals surface area contributed by atoms with Gasteiger partial charge in [0.2, 0.25) is 5.91 Å². The molecule has 0 aliphatic carbocycles. The highest BCUT2D eigenvalue weighted by atomic mass is 16.5. The molecule has 2 aromatic carbocycles. The molecule has 1 heterocycles. The third kappa shape index (κ3) is 4.99. The summed E-state index contributed by atoms with van der Waals surface area (Å²) in [6, 6.07) is 15.4. The average molecular weight is 422 g/mol. The molecule has 0 radical (unpaired) electrons. The number of methoxy groups -OCH3 is 1. The monoisotopic (exact) mass is 421 g/mol. The molecule has 7 nitrogen and oxygen atoms in total. The first kappa shape index (κ1) is 22.2. The van der Waals surface area contributed by atoms with Gasteiger partial charge in [0.15, 0.2) is 0 Å². The standard InChI is InChI=1S/C24H31N5O2/c1-16(2)29(19-11-13-20(31-6)14-12-19)23(30)15-25-21-9-7-8-10-22(21)26-24-17(3)27-28(5)18(24)4/h7-14,16,25-26H,15H2,1-6H3. The summed E-state index contributed by atoms with van der Waals surface area (Å²) < 4.78 is 7.08.